The largest absolute Gasteiger partial charge is 0.493 e. The number of aliphatic imine (C=N–C) groups is 1. The number of guanidine groups is 1. The summed E-state index contributed by atoms with van der Waals surface area (Å²) in [4.78, 5) is 4.79. The van der Waals surface area contributed by atoms with Gasteiger partial charge in [-0.3, -0.25) is 4.99 Å². The molecule has 22 heavy (non-hydrogen) atoms. The second-order valence-corrected chi connectivity index (χ2v) is 6.06. The SMILES string of the molecule is CCNC(=NCC1CCOc2ccccc21)NC1CC1C.I. The van der Waals surface area contributed by atoms with Crippen LogP contribution in [0, 0.1) is 5.92 Å². The summed E-state index contributed by atoms with van der Waals surface area (Å²) in [5, 5.41) is 6.86. The van der Waals surface area contributed by atoms with Gasteiger partial charge in [0.05, 0.1) is 6.61 Å². The number of hydrogen-bond donors (Lipinski definition) is 2. The molecular formula is C17H26IN3O. The standard InChI is InChI=1S/C17H25N3O.HI/c1-3-18-17(20-15-10-12(15)2)19-11-13-8-9-21-16-7-5-4-6-14(13)16;/h4-7,12-13,15H,3,8-11H2,1-2H3,(H2,18,19,20);1H. The van der Waals surface area contributed by atoms with E-state index in [0.29, 0.717) is 12.0 Å². The van der Waals surface area contributed by atoms with Gasteiger partial charge in [-0.15, -0.1) is 24.0 Å². The lowest BCUT2D eigenvalue weighted by Crippen LogP contribution is -2.39. The molecule has 1 aromatic carbocycles. The highest BCUT2D eigenvalue weighted by atomic mass is 127. The fraction of sp³-hybridized carbons (Fsp3) is 0.588. The van der Waals surface area contributed by atoms with Crippen molar-refractivity contribution in [3.63, 3.8) is 0 Å². The van der Waals surface area contributed by atoms with Gasteiger partial charge in [0, 0.05) is 25.0 Å². The molecule has 122 valence electrons. The molecule has 1 aliphatic carbocycles. The Hall–Kier alpha value is -0.980. The van der Waals surface area contributed by atoms with E-state index in [1.54, 1.807) is 0 Å². The number of halogens is 1. The summed E-state index contributed by atoms with van der Waals surface area (Å²) in [5.74, 6) is 3.22. The summed E-state index contributed by atoms with van der Waals surface area (Å²) in [5.41, 5.74) is 1.29. The van der Waals surface area contributed by atoms with Gasteiger partial charge in [-0.2, -0.15) is 0 Å². The van der Waals surface area contributed by atoms with Gasteiger partial charge >= 0.3 is 0 Å². The summed E-state index contributed by atoms with van der Waals surface area (Å²) in [6.07, 6.45) is 2.30. The first kappa shape index (κ1) is 17.4. The van der Waals surface area contributed by atoms with E-state index < -0.39 is 0 Å². The molecule has 4 nitrogen and oxygen atoms in total. The van der Waals surface area contributed by atoms with E-state index in [1.807, 2.05) is 6.07 Å². The van der Waals surface area contributed by atoms with Gasteiger partial charge in [0.1, 0.15) is 5.75 Å². The summed E-state index contributed by atoms with van der Waals surface area (Å²) in [6, 6.07) is 8.94. The molecular weight excluding hydrogens is 389 g/mol. The Morgan fingerprint density at radius 2 is 2.14 bits per heavy atom. The molecule has 0 amide bonds. The van der Waals surface area contributed by atoms with Crippen molar-refractivity contribution in [3.05, 3.63) is 29.8 Å². The Morgan fingerprint density at radius 3 is 2.86 bits per heavy atom. The molecule has 3 atom stereocenters. The van der Waals surface area contributed by atoms with Crippen LogP contribution in [0.1, 0.15) is 38.2 Å². The van der Waals surface area contributed by atoms with Gasteiger partial charge < -0.3 is 15.4 Å². The van der Waals surface area contributed by atoms with Gasteiger partial charge in [0.15, 0.2) is 5.96 Å². The van der Waals surface area contributed by atoms with E-state index in [9.17, 15) is 0 Å². The van der Waals surface area contributed by atoms with Gasteiger partial charge in [0.25, 0.3) is 0 Å². The lowest BCUT2D eigenvalue weighted by Gasteiger charge is -2.25. The molecule has 3 unspecified atom stereocenters. The van der Waals surface area contributed by atoms with Crippen LogP contribution in [0.15, 0.2) is 29.3 Å². The highest BCUT2D eigenvalue weighted by molar-refractivity contribution is 14.0. The maximum Gasteiger partial charge on any atom is 0.191 e. The Morgan fingerprint density at radius 1 is 1.36 bits per heavy atom. The fourth-order valence-corrected chi connectivity index (χ4v) is 2.83. The van der Waals surface area contributed by atoms with Gasteiger partial charge in [-0.1, -0.05) is 25.1 Å². The van der Waals surface area contributed by atoms with Crippen LogP contribution in [0.3, 0.4) is 0 Å². The van der Waals surface area contributed by atoms with E-state index in [2.05, 4.69) is 42.7 Å². The van der Waals surface area contributed by atoms with Crippen LogP contribution in [-0.4, -0.2) is 31.7 Å². The first-order valence-electron chi connectivity index (χ1n) is 8.04. The number of nitrogens with zero attached hydrogens (tertiary/aromatic N) is 1. The Kier molecular flexibility index (Phi) is 6.35. The van der Waals surface area contributed by atoms with E-state index in [-0.39, 0.29) is 24.0 Å². The molecule has 1 fully saturated rings. The number of ether oxygens (including phenoxy) is 1. The second-order valence-electron chi connectivity index (χ2n) is 6.06. The topological polar surface area (TPSA) is 45.7 Å². The zero-order chi connectivity index (χ0) is 14.7. The number of para-hydroxylation sites is 1. The molecule has 0 spiro atoms. The van der Waals surface area contributed by atoms with Crippen LogP contribution >= 0.6 is 24.0 Å². The van der Waals surface area contributed by atoms with Crippen LogP contribution in [0.25, 0.3) is 0 Å². The van der Waals surface area contributed by atoms with Gasteiger partial charge in [0.2, 0.25) is 0 Å². The van der Waals surface area contributed by atoms with Gasteiger partial charge in [-0.25, -0.2) is 0 Å². The summed E-state index contributed by atoms with van der Waals surface area (Å²) in [7, 11) is 0. The smallest absolute Gasteiger partial charge is 0.191 e. The highest BCUT2D eigenvalue weighted by Crippen LogP contribution is 2.33. The predicted octanol–water partition coefficient (Wildman–Crippen LogP) is 3.13. The molecule has 1 saturated carbocycles. The average molecular weight is 415 g/mol. The maximum atomic E-state index is 5.72. The Bertz CT molecular complexity index is 520. The molecule has 1 heterocycles. The first-order chi connectivity index (χ1) is 10.3. The molecule has 3 rings (SSSR count). The molecule has 0 bridgehead atoms. The molecule has 5 heteroatoms. The zero-order valence-corrected chi connectivity index (χ0v) is 15.7. The second kappa shape index (κ2) is 8.04. The maximum absolute atomic E-state index is 5.72. The molecule has 1 aromatic rings. The molecule has 0 aromatic heterocycles. The lowest BCUT2D eigenvalue weighted by molar-refractivity contribution is 0.269. The van der Waals surface area contributed by atoms with Crippen molar-refractivity contribution in [2.45, 2.75) is 38.6 Å². The monoisotopic (exact) mass is 415 g/mol. The third-order valence-corrected chi connectivity index (χ3v) is 4.33. The third-order valence-electron chi connectivity index (χ3n) is 4.33. The van der Waals surface area contributed by atoms with Crippen LogP contribution in [0.4, 0.5) is 0 Å². The summed E-state index contributed by atoms with van der Waals surface area (Å²) < 4.78 is 5.72. The fourth-order valence-electron chi connectivity index (χ4n) is 2.83. The van der Waals surface area contributed by atoms with Crippen molar-refractivity contribution in [1.82, 2.24) is 10.6 Å². The average Bonchev–Trinajstić information content (AvgIpc) is 3.20. The quantitative estimate of drug-likeness (QED) is 0.451. The minimum atomic E-state index is 0. The molecule has 0 radical (unpaired) electrons. The van der Waals surface area contributed by atoms with Crippen molar-refractivity contribution in [2.75, 3.05) is 19.7 Å². The van der Waals surface area contributed by atoms with Crippen molar-refractivity contribution < 1.29 is 4.74 Å². The van der Waals surface area contributed by atoms with Crippen LogP contribution in [0.2, 0.25) is 0 Å². The third kappa shape index (κ3) is 4.27. The lowest BCUT2D eigenvalue weighted by atomic mass is 9.93. The van der Waals surface area contributed by atoms with Gasteiger partial charge in [-0.05, 0) is 37.3 Å². The van der Waals surface area contributed by atoms with E-state index >= 15 is 0 Å². The summed E-state index contributed by atoms with van der Waals surface area (Å²) in [6.45, 7) is 6.89. The molecule has 0 saturated heterocycles. The molecule has 2 N–H and O–H groups in total. The number of fused-ring (bicyclic) bond motifs is 1. The van der Waals surface area contributed by atoms with Crippen molar-refractivity contribution >= 4 is 29.9 Å². The molecule has 2 aliphatic rings. The van der Waals surface area contributed by atoms with E-state index in [1.165, 1.54) is 12.0 Å². The van der Waals surface area contributed by atoms with E-state index in [0.717, 1.165) is 43.7 Å². The van der Waals surface area contributed by atoms with Crippen LogP contribution in [-0.2, 0) is 0 Å². The van der Waals surface area contributed by atoms with Crippen LogP contribution in [0.5, 0.6) is 5.75 Å². The van der Waals surface area contributed by atoms with Crippen molar-refractivity contribution in [3.8, 4) is 5.75 Å². The Balaban J connectivity index is 0.00000176. The number of rotatable bonds is 4. The number of nitrogens with one attached hydrogen (secondary N) is 2. The summed E-state index contributed by atoms with van der Waals surface area (Å²) >= 11 is 0. The minimum Gasteiger partial charge on any atom is -0.493 e. The first-order valence-corrected chi connectivity index (χ1v) is 8.04. The highest BCUT2D eigenvalue weighted by Gasteiger charge is 2.33. The zero-order valence-electron chi connectivity index (χ0n) is 13.3. The Labute approximate surface area is 150 Å². The predicted molar refractivity (Wildman–Crippen MR) is 101 cm³/mol. The van der Waals surface area contributed by atoms with Crippen molar-refractivity contribution in [2.24, 2.45) is 10.9 Å². The normalized spacial score (nSPS) is 26.3. The van der Waals surface area contributed by atoms with Crippen LogP contribution < -0.4 is 15.4 Å². The van der Waals surface area contributed by atoms with E-state index in [4.69, 9.17) is 9.73 Å². The van der Waals surface area contributed by atoms with Crippen molar-refractivity contribution in [1.29, 1.82) is 0 Å². The number of hydrogen-bond acceptors (Lipinski definition) is 2. The number of benzene rings is 1. The molecule has 1 aliphatic heterocycles. The minimum absolute atomic E-state index is 0.